The van der Waals surface area contributed by atoms with E-state index in [1.165, 1.54) is 67.3 Å². The molecule has 0 amide bonds. The van der Waals surface area contributed by atoms with Crippen molar-refractivity contribution < 1.29 is 0 Å². The number of benzene rings is 1. The van der Waals surface area contributed by atoms with Gasteiger partial charge in [0.1, 0.15) is 5.82 Å². The van der Waals surface area contributed by atoms with Crippen molar-refractivity contribution in [1.29, 1.82) is 0 Å². The SMILES string of the molecule is Cc1cc(N[C@@H]2CCCN(C)C2)nnc1-c1ccc2c(c1)CCCC2. The number of likely N-dealkylation sites (N-methyl/N-ethyl adjacent to an activating group) is 1. The highest BCUT2D eigenvalue weighted by Crippen LogP contribution is 2.28. The molecule has 2 aromatic rings. The molecule has 1 aliphatic carbocycles. The van der Waals surface area contributed by atoms with Crippen LogP contribution in [0.15, 0.2) is 24.3 Å². The van der Waals surface area contributed by atoms with Crippen LogP contribution in [0.25, 0.3) is 11.3 Å². The molecule has 25 heavy (non-hydrogen) atoms. The molecule has 0 radical (unpaired) electrons. The summed E-state index contributed by atoms with van der Waals surface area (Å²) in [6.45, 7) is 4.41. The number of hydrogen-bond acceptors (Lipinski definition) is 4. The predicted octanol–water partition coefficient (Wildman–Crippen LogP) is 3.84. The molecule has 0 bridgehead atoms. The van der Waals surface area contributed by atoms with Crippen molar-refractivity contribution in [2.45, 2.75) is 51.5 Å². The van der Waals surface area contributed by atoms with Crippen molar-refractivity contribution in [3.63, 3.8) is 0 Å². The summed E-state index contributed by atoms with van der Waals surface area (Å²) >= 11 is 0. The number of aryl methyl sites for hydroxylation is 3. The molecule has 1 fully saturated rings. The Labute approximate surface area is 150 Å². The van der Waals surface area contributed by atoms with Gasteiger partial charge in [-0.1, -0.05) is 12.1 Å². The number of hydrogen-bond donors (Lipinski definition) is 1. The minimum atomic E-state index is 0.474. The van der Waals surface area contributed by atoms with Crippen molar-refractivity contribution in [3.8, 4) is 11.3 Å². The number of nitrogens with one attached hydrogen (secondary N) is 1. The molecule has 0 spiro atoms. The highest BCUT2D eigenvalue weighted by molar-refractivity contribution is 5.65. The van der Waals surface area contributed by atoms with Gasteiger partial charge in [0.15, 0.2) is 0 Å². The van der Waals surface area contributed by atoms with Crippen LogP contribution in [-0.2, 0) is 12.8 Å². The number of rotatable bonds is 3. The summed E-state index contributed by atoms with van der Waals surface area (Å²) < 4.78 is 0. The first-order chi connectivity index (χ1) is 12.2. The highest BCUT2D eigenvalue weighted by Gasteiger charge is 2.18. The van der Waals surface area contributed by atoms with Gasteiger partial charge in [0.05, 0.1) is 5.69 Å². The molecule has 2 aliphatic rings. The molecule has 132 valence electrons. The van der Waals surface area contributed by atoms with Crippen LogP contribution in [0.5, 0.6) is 0 Å². The van der Waals surface area contributed by atoms with E-state index in [0.29, 0.717) is 6.04 Å². The van der Waals surface area contributed by atoms with Crippen molar-refractivity contribution in [3.05, 3.63) is 41.0 Å². The fourth-order valence-electron chi connectivity index (χ4n) is 4.22. The minimum absolute atomic E-state index is 0.474. The van der Waals surface area contributed by atoms with E-state index in [1.807, 2.05) is 0 Å². The second kappa shape index (κ2) is 7.12. The average molecular weight is 336 g/mol. The molecule has 4 heteroatoms. The molecule has 1 aromatic carbocycles. The van der Waals surface area contributed by atoms with Crippen LogP contribution in [0.2, 0.25) is 0 Å². The summed E-state index contributed by atoms with van der Waals surface area (Å²) in [6, 6.07) is 9.45. The zero-order valence-electron chi connectivity index (χ0n) is 15.4. The number of likely N-dealkylation sites (tertiary alicyclic amines) is 1. The Bertz CT molecular complexity index is 756. The van der Waals surface area contributed by atoms with Gasteiger partial charge in [-0.25, -0.2) is 0 Å². The Morgan fingerprint density at radius 3 is 2.68 bits per heavy atom. The van der Waals surface area contributed by atoms with Crippen LogP contribution in [-0.4, -0.2) is 41.3 Å². The summed E-state index contributed by atoms with van der Waals surface area (Å²) in [4.78, 5) is 2.38. The summed E-state index contributed by atoms with van der Waals surface area (Å²) in [5, 5.41) is 12.6. The van der Waals surface area contributed by atoms with Gasteiger partial charge < -0.3 is 10.2 Å². The van der Waals surface area contributed by atoms with Gasteiger partial charge in [0.25, 0.3) is 0 Å². The molecule has 1 aliphatic heterocycles. The molecule has 1 N–H and O–H groups in total. The van der Waals surface area contributed by atoms with E-state index in [1.54, 1.807) is 0 Å². The Kier molecular flexibility index (Phi) is 4.71. The van der Waals surface area contributed by atoms with Crippen molar-refractivity contribution in [2.24, 2.45) is 0 Å². The second-order valence-corrected chi connectivity index (χ2v) is 7.70. The topological polar surface area (TPSA) is 41.0 Å². The van der Waals surface area contributed by atoms with Crippen LogP contribution in [0.1, 0.15) is 42.4 Å². The van der Waals surface area contributed by atoms with E-state index in [4.69, 9.17) is 0 Å². The second-order valence-electron chi connectivity index (χ2n) is 7.70. The highest BCUT2D eigenvalue weighted by atomic mass is 15.2. The van der Waals surface area contributed by atoms with E-state index < -0.39 is 0 Å². The standard InChI is InChI=1S/C21H28N4/c1-15-12-20(22-19-8-5-11-25(2)14-19)23-24-21(15)18-10-9-16-6-3-4-7-17(16)13-18/h9-10,12-13,19H,3-8,11,14H2,1-2H3,(H,22,23)/t19-/m1/s1. The van der Waals surface area contributed by atoms with Gasteiger partial charge in [-0.15, -0.1) is 10.2 Å². The first kappa shape index (κ1) is 16.5. The summed E-state index contributed by atoms with van der Waals surface area (Å²) in [6.07, 6.45) is 7.50. The van der Waals surface area contributed by atoms with Gasteiger partial charge in [-0.3, -0.25) is 0 Å². The van der Waals surface area contributed by atoms with Crippen LogP contribution in [0.4, 0.5) is 5.82 Å². The first-order valence-corrected chi connectivity index (χ1v) is 9.60. The normalized spacial score (nSPS) is 21.0. The molecule has 1 saturated heterocycles. The Morgan fingerprint density at radius 1 is 1.04 bits per heavy atom. The Morgan fingerprint density at radius 2 is 1.88 bits per heavy atom. The van der Waals surface area contributed by atoms with Crippen LogP contribution < -0.4 is 5.32 Å². The van der Waals surface area contributed by atoms with Crippen LogP contribution in [0, 0.1) is 6.92 Å². The molecule has 1 atom stereocenters. The molecule has 4 nitrogen and oxygen atoms in total. The van der Waals surface area contributed by atoms with Gasteiger partial charge in [0.2, 0.25) is 0 Å². The number of aromatic nitrogens is 2. The van der Waals surface area contributed by atoms with Crippen LogP contribution in [0.3, 0.4) is 0 Å². The number of fused-ring (bicyclic) bond motifs is 1. The molecule has 0 unspecified atom stereocenters. The Balaban J connectivity index is 1.53. The van der Waals surface area contributed by atoms with Gasteiger partial charge >= 0.3 is 0 Å². The smallest absolute Gasteiger partial charge is 0.149 e. The molecule has 1 aromatic heterocycles. The molecular weight excluding hydrogens is 308 g/mol. The summed E-state index contributed by atoms with van der Waals surface area (Å²) in [5.41, 5.74) is 6.42. The van der Waals surface area contributed by atoms with Crippen molar-refractivity contribution >= 4 is 5.82 Å². The van der Waals surface area contributed by atoms with Crippen molar-refractivity contribution in [1.82, 2.24) is 15.1 Å². The van der Waals surface area contributed by atoms with Crippen molar-refractivity contribution in [2.75, 3.05) is 25.5 Å². The number of piperidine rings is 1. The summed E-state index contributed by atoms with van der Waals surface area (Å²) in [5.74, 6) is 0.902. The summed E-state index contributed by atoms with van der Waals surface area (Å²) in [7, 11) is 2.18. The monoisotopic (exact) mass is 336 g/mol. The zero-order chi connectivity index (χ0) is 17.2. The van der Waals surface area contributed by atoms with E-state index in [0.717, 1.165) is 18.1 Å². The number of nitrogens with zero attached hydrogens (tertiary/aromatic N) is 3. The van der Waals surface area contributed by atoms with Gasteiger partial charge in [-0.05, 0) is 87.9 Å². The maximum absolute atomic E-state index is 4.56. The quantitative estimate of drug-likeness (QED) is 0.925. The molecule has 2 heterocycles. The maximum atomic E-state index is 4.56. The van der Waals surface area contributed by atoms with E-state index in [-0.39, 0.29) is 0 Å². The largest absolute Gasteiger partial charge is 0.365 e. The lowest BCUT2D eigenvalue weighted by atomic mass is 9.89. The fourth-order valence-corrected chi connectivity index (χ4v) is 4.22. The first-order valence-electron chi connectivity index (χ1n) is 9.60. The minimum Gasteiger partial charge on any atom is -0.365 e. The van der Waals surface area contributed by atoms with E-state index in [9.17, 15) is 0 Å². The number of anilines is 1. The average Bonchev–Trinajstić information content (AvgIpc) is 2.61. The maximum Gasteiger partial charge on any atom is 0.149 e. The molecule has 4 rings (SSSR count). The van der Waals surface area contributed by atoms with E-state index >= 15 is 0 Å². The van der Waals surface area contributed by atoms with Gasteiger partial charge in [-0.2, -0.15) is 0 Å². The van der Waals surface area contributed by atoms with Gasteiger partial charge in [0, 0.05) is 18.2 Å². The predicted molar refractivity (Wildman–Crippen MR) is 103 cm³/mol. The lowest BCUT2D eigenvalue weighted by molar-refractivity contribution is 0.260. The zero-order valence-corrected chi connectivity index (χ0v) is 15.4. The third-order valence-electron chi connectivity index (χ3n) is 5.58. The lowest BCUT2D eigenvalue weighted by Crippen LogP contribution is -2.39. The lowest BCUT2D eigenvalue weighted by Gasteiger charge is -2.30. The molecule has 0 saturated carbocycles. The molecular formula is C21H28N4. The Hall–Kier alpha value is -1.94. The third-order valence-corrected chi connectivity index (χ3v) is 5.58. The fraction of sp³-hybridized carbons (Fsp3) is 0.524. The third kappa shape index (κ3) is 3.69. The van der Waals surface area contributed by atoms with E-state index in [2.05, 4.69) is 58.7 Å². The van der Waals surface area contributed by atoms with Crippen LogP contribution >= 0.6 is 0 Å².